The third-order valence-corrected chi connectivity index (χ3v) is 7.28. The highest BCUT2D eigenvalue weighted by atomic mass is 19.4. The Hall–Kier alpha value is -1.60. The van der Waals surface area contributed by atoms with E-state index in [1.807, 2.05) is 0 Å². The largest absolute Gasteiger partial charge is 0.418 e. The van der Waals surface area contributed by atoms with Crippen LogP contribution in [0.4, 0.5) is 18.9 Å². The lowest BCUT2D eigenvalue weighted by atomic mass is 9.60. The molecule has 0 radical (unpaired) electrons. The van der Waals surface area contributed by atoms with Crippen molar-refractivity contribution in [2.75, 3.05) is 11.4 Å². The van der Waals surface area contributed by atoms with E-state index < -0.39 is 23.3 Å². The maximum absolute atomic E-state index is 13.1. The maximum Gasteiger partial charge on any atom is 0.418 e. The van der Waals surface area contributed by atoms with Crippen molar-refractivity contribution in [3.8, 4) is 0 Å². The van der Waals surface area contributed by atoms with Gasteiger partial charge in [-0.15, -0.1) is 0 Å². The summed E-state index contributed by atoms with van der Waals surface area (Å²) in [6.07, 6.45) is -0.593. The van der Waals surface area contributed by atoms with Crippen LogP contribution >= 0.6 is 0 Å². The van der Waals surface area contributed by atoms with E-state index in [0.29, 0.717) is 50.3 Å². The normalized spacial score (nSPS) is 32.6. The molecule has 3 fully saturated rings. The minimum Gasteiger partial charge on any atom is -0.390 e. The molecule has 1 aliphatic heterocycles. The molecule has 4 nitrogen and oxygen atoms in total. The molecule has 3 aliphatic rings. The van der Waals surface area contributed by atoms with Crippen molar-refractivity contribution in [2.45, 2.75) is 69.2 Å². The number of benzene rings is 1. The zero-order chi connectivity index (χ0) is 20.2. The van der Waals surface area contributed by atoms with E-state index in [4.69, 9.17) is 0 Å². The molecule has 1 aromatic rings. The zero-order valence-corrected chi connectivity index (χ0v) is 15.7. The van der Waals surface area contributed by atoms with Crippen LogP contribution in [-0.4, -0.2) is 34.4 Å². The van der Waals surface area contributed by atoms with Gasteiger partial charge < -0.3 is 15.1 Å². The van der Waals surface area contributed by atoms with E-state index in [2.05, 4.69) is 0 Å². The lowest BCUT2D eigenvalue weighted by Gasteiger charge is -2.48. The number of nitrogens with zero attached hydrogens (tertiary/aromatic N) is 1. The highest BCUT2D eigenvalue weighted by molar-refractivity contribution is 6.00. The van der Waals surface area contributed by atoms with Crippen molar-refractivity contribution in [3.63, 3.8) is 0 Å². The molecule has 154 valence electrons. The molecule has 1 heterocycles. The average molecular weight is 397 g/mol. The van der Waals surface area contributed by atoms with Crippen molar-refractivity contribution in [1.29, 1.82) is 0 Å². The van der Waals surface area contributed by atoms with Crippen LogP contribution in [0.15, 0.2) is 24.3 Å². The molecule has 2 aliphatic carbocycles. The van der Waals surface area contributed by atoms with Gasteiger partial charge in [0.25, 0.3) is 0 Å². The molecule has 2 saturated carbocycles. The van der Waals surface area contributed by atoms with E-state index in [1.165, 1.54) is 30.7 Å². The Morgan fingerprint density at radius 3 is 2.14 bits per heavy atom. The van der Waals surface area contributed by atoms with Crippen LogP contribution in [0.3, 0.4) is 0 Å². The van der Waals surface area contributed by atoms with Crippen LogP contribution in [0.5, 0.6) is 0 Å². The Bertz CT molecular complexity index is 734. The first-order chi connectivity index (χ1) is 13.1. The summed E-state index contributed by atoms with van der Waals surface area (Å²) in [4.78, 5) is 14.8. The number of amides is 1. The van der Waals surface area contributed by atoms with Gasteiger partial charge in [-0.25, -0.2) is 0 Å². The predicted molar refractivity (Wildman–Crippen MR) is 97.6 cm³/mol. The summed E-state index contributed by atoms with van der Waals surface area (Å²) in [5.74, 6) is 0.373. The maximum atomic E-state index is 13.1. The van der Waals surface area contributed by atoms with Crippen LogP contribution in [0, 0.1) is 11.3 Å². The van der Waals surface area contributed by atoms with Gasteiger partial charge in [-0.3, -0.25) is 4.79 Å². The fourth-order valence-electron chi connectivity index (χ4n) is 5.07. The number of carbonyl (C=O) groups excluding carboxylic acids is 1. The molecule has 0 unspecified atom stereocenters. The minimum absolute atomic E-state index is 0.00674. The summed E-state index contributed by atoms with van der Waals surface area (Å²) >= 11 is 0. The molecule has 1 saturated heterocycles. The molecule has 1 spiro atoms. The Kier molecular flexibility index (Phi) is 4.74. The summed E-state index contributed by atoms with van der Waals surface area (Å²) in [5.41, 5.74) is -0.771. The van der Waals surface area contributed by atoms with Crippen molar-refractivity contribution in [1.82, 2.24) is 0 Å². The quantitative estimate of drug-likeness (QED) is 0.807. The second-order valence-corrected chi connectivity index (χ2v) is 8.75. The lowest BCUT2D eigenvalue weighted by Crippen LogP contribution is -2.49. The Balaban J connectivity index is 1.45. The SMILES string of the molecule is O=C1N(c2ccc([C@@H](O)C(F)(F)F)cc2)CC[C@]12CC[C@@](O)(C1CCC1)CC2. The first kappa shape index (κ1) is 19.7. The smallest absolute Gasteiger partial charge is 0.390 e. The summed E-state index contributed by atoms with van der Waals surface area (Å²) < 4.78 is 38.0. The second kappa shape index (κ2) is 6.73. The van der Waals surface area contributed by atoms with Gasteiger partial charge in [0.2, 0.25) is 5.91 Å². The first-order valence-corrected chi connectivity index (χ1v) is 10.0. The number of hydrogen-bond acceptors (Lipinski definition) is 3. The van der Waals surface area contributed by atoms with Gasteiger partial charge in [-0.05, 0) is 68.6 Å². The van der Waals surface area contributed by atoms with Crippen molar-refractivity contribution in [3.05, 3.63) is 29.8 Å². The summed E-state index contributed by atoms with van der Waals surface area (Å²) in [7, 11) is 0. The van der Waals surface area contributed by atoms with E-state index in [1.54, 1.807) is 4.90 Å². The van der Waals surface area contributed by atoms with Crippen LogP contribution in [0.1, 0.15) is 63.0 Å². The van der Waals surface area contributed by atoms with Crippen molar-refractivity contribution < 1.29 is 28.2 Å². The molecular formula is C21H26F3NO3. The number of alkyl halides is 3. The molecule has 1 atom stereocenters. The summed E-state index contributed by atoms with van der Waals surface area (Å²) in [6.45, 7) is 0.530. The third kappa shape index (κ3) is 3.22. The highest BCUT2D eigenvalue weighted by Gasteiger charge is 2.53. The molecule has 1 amide bonds. The van der Waals surface area contributed by atoms with Crippen LogP contribution in [-0.2, 0) is 4.79 Å². The summed E-state index contributed by atoms with van der Waals surface area (Å²) in [6, 6.07) is 5.38. The van der Waals surface area contributed by atoms with E-state index >= 15 is 0 Å². The van der Waals surface area contributed by atoms with Crippen LogP contribution in [0.2, 0.25) is 0 Å². The van der Waals surface area contributed by atoms with Crippen molar-refractivity contribution in [2.24, 2.45) is 11.3 Å². The van der Waals surface area contributed by atoms with E-state index in [0.717, 1.165) is 12.8 Å². The van der Waals surface area contributed by atoms with E-state index in [9.17, 15) is 28.2 Å². The van der Waals surface area contributed by atoms with Gasteiger partial charge >= 0.3 is 6.18 Å². The number of hydrogen-bond donors (Lipinski definition) is 2. The zero-order valence-electron chi connectivity index (χ0n) is 15.7. The van der Waals surface area contributed by atoms with Gasteiger partial charge in [0, 0.05) is 12.2 Å². The Morgan fingerprint density at radius 2 is 1.64 bits per heavy atom. The highest BCUT2D eigenvalue weighted by Crippen LogP contribution is 2.53. The van der Waals surface area contributed by atoms with E-state index in [-0.39, 0.29) is 11.5 Å². The first-order valence-electron chi connectivity index (χ1n) is 10.0. The fraction of sp³-hybridized carbons (Fsp3) is 0.667. The monoisotopic (exact) mass is 397 g/mol. The van der Waals surface area contributed by atoms with Crippen LogP contribution < -0.4 is 4.90 Å². The Labute approximate surface area is 162 Å². The van der Waals surface area contributed by atoms with Crippen molar-refractivity contribution >= 4 is 11.6 Å². The van der Waals surface area contributed by atoms with Gasteiger partial charge in [0.1, 0.15) is 0 Å². The number of halogens is 3. The van der Waals surface area contributed by atoms with Gasteiger partial charge in [0.15, 0.2) is 6.10 Å². The molecule has 1 aromatic carbocycles. The number of aliphatic hydroxyl groups is 2. The van der Waals surface area contributed by atoms with Gasteiger partial charge in [-0.1, -0.05) is 18.6 Å². The molecule has 7 heteroatoms. The minimum atomic E-state index is -4.71. The number of aliphatic hydroxyl groups excluding tert-OH is 1. The van der Waals surface area contributed by atoms with Crippen LogP contribution in [0.25, 0.3) is 0 Å². The predicted octanol–water partition coefficient (Wildman–Crippen LogP) is 4.11. The van der Waals surface area contributed by atoms with Gasteiger partial charge in [-0.2, -0.15) is 13.2 Å². The Morgan fingerprint density at radius 1 is 1.04 bits per heavy atom. The molecule has 0 bridgehead atoms. The molecule has 2 N–H and O–H groups in total. The fourth-order valence-corrected chi connectivity index (χ4v) is 5.07. The average Bonchev–Trinajstić information content (AvgIpc) is 2.92. The molecule has 4 rings (SSSR count). The number of rotatable bonds is 3. The lowest BCUT2D eigenvalue weighted by molar-refractivity contribution is -0.206. The third-order valence-electron chi connectivity index (χ3n) is 7.28. The standard InChI is InChI=1S/C21H26F3NO3/c22-21(23,24)17(26)14-4-6-16(7-5-14)25-13-12-19(18(25)27)8-10-20(28,11-9-19)15-2-1-3-15/h4-7,15,17,26,28H,1-3,8-13H2/t17-,19-,20+/m1/s1. The molecule has 28 heavy (non-hydrogen) atoms. The second-order valence-electron chi connectivity index (χ2n) is 8.75. The summed E-state index contributed by atoms with van der Waals surface area (Å²) in [5, 5.41) is 20.3. The van der Waals surface area contributed by atoms with Gasteiger partial charge in [0.05, 0.1) is 11.0 Å². The molecular weight excluding hydrogens is 371 g/mol. The topological polar surface area (TPSA) is 60.8 Å². The molecule has 0 aromatic heterocycles. The number of anilines is 1. The number of carbonyl (C=O) groups is 1.